The Morgan fingerprint density at radius 1 is 0.842 bits per heavy atom. The van der Waals surface area contributed by atoms with Crippen molar-refractivity contribution in [2.45, 2.75) is 62.0 Å². The van der Waals surface area contributed by atoms with Gasteiger partial charge in [0.2, 0.25) is 17.7 Å². The maximum absolute atomic E-state index is 13.6. The van der Waals surface area contributed by atoms with Crippen LogP contribution in [0.4, 0.5) is 39.5 Å². The van der Waals surface area contributed by atoms with Crippen molar-refractivity contribution < 1.29 is 63.4 Å². The highest BCUT2D eigenvalue weighted by atomic mass is 19.4. The monoisotopic (exact) mass is 568 g/mol. The molecular weight excluding hydrogens is 547 g/mol. The van der Waals surface area contributed by atoms with Crippen LogP contribution >= 0.6 is 0 Å². The number of hydrogen-bond donors (Lipinski definition) is 4. The normalized spacial score (nSPS) is 15.1. The van der Waals surface area contributed by atoms with Gasteiger partial charge in [-0.25, -0.2) is 0 Å². The van der Waals surface area contributed by atoms with Gasteiger partial charge in [0.25, 0.3) is 0 Å². The Kier molecular flexibility index (Phi) is 10.1. The Morgan fingerprint density at radius 3 is 1.79 bits per heavy atom. The molecule has 0 saturated carbocycles. The van der Waals surface area contributed by atoms with Crippen LogP contribution in [-0.2, 0) is 30.3 Å². The van der Waals surface area contributed by atoms with Gasteiger partial charge in [0.05, 0.1) is 12.5 Å². The standard InChI is InChI=1S/C20H21F9N4O5/c1-9(30)15(36)33-12(16(37)32-11(14(31)35)7-10-5-3-2-4-6-10)8-13(34)38-20(28,29)18(23,24)17(21,22)19(25,26)27/h2-6,9,11-12H,7-8,30H2,1H3,(H2,31,35)(H,32,37)(H,33,36)/t9-,11-,12-/m0/s1. The molecule has 1 aromatic carbocycles. The second kappa shape index (κ2) is 11.9. The van der Waals surface area contributed by atoms with E-state index < -0.39 is 72.4 Å². The van der Waals surface area contributed by atoms with Crippen LogP contribution in [0.2, 0.25) is 0 Å². The van der Waals surface area contributed by atoms with Crippen LogP contribution in [0.5, 0.6) is 0 Å². The first-order valence-corrected chi connectivity index (χ1v) is 10.3. The molecule has 9 nitrogen and oxygen atoms in total. The zero-order chi connectivity index (χ0) is 29.7. The lowest BCUT2D eigenvalue weighted by Gasteiger charge is -2.32. The van der Waals surface area contributed by atoms with Crippen molar-refractivity contribution in [2.24, 2.45) is 11.5 Å². The first kappa shape index (κ1) is 32.5. The van der Waals surface area contributed by atoms with Gasteiger partial charge in [-0.05, 0) is 12.5 Å². The topological polar surface area (TPSA) is 154 Å². The van der Waals surface area contributed by atoms with Crippen molar-refractivity contribution in [3.8, 4) is 0 Å². The van der Waals surface area contributed by atoms with Crippen LogP contribution < -0.4 is 22.1 Å². The molecule has 0 aliphatic rings. The van der Waals surface area contributed by atoms with Gasteiger partial charge < -0.3 is 26.8 Å². The predicted octanol–water partition coefficient (Wildman–Crippen LogP) is 1.39. The fourth-order valence-electron chi connectivity index (χ4n) is 2.63. The Labute approximate surface area is 208 Å². The van der Waals surface area contributed by atoms with E-state index >= 15 is 0 Å². The minimum Gasteiger partial charge on any atom is -0.396 e. The van der Waals surface area contributed by atoms with E-state index in [1.807, 2.05) is 5.32 Å². The van der Waals surface area contributed by atoms with Crippen LogP contribution in [-0.4, -0.2) is 65.9 Å². The van der Waals surface area contributed by atoms with Gasteiger partial charge in [-0.2, -0.15) is 39.5 Å². The number of esters is 1. The van der Waals surface area contributed by atoms with Crippen LogP contribution in [0.25, 0.3) is 0 Å². The molecular formula is C20H21F9N4O5. The van der Waals surface area contributed by atoms with Gasteiger partial charge in [-0.3, -0.25) is 19.2 Å². The van der Waals surface area contributed by atoms with E-state index in [1.165, 1.54) is 12.1 Å². The molecule has 0 aromatic heterocycles. The highest BCUT2D eigenvalue weighted by Gasteiger charge is 2.84. The lowest BCUT2D eigenvalue weighted by Crippen LogP contribution is -2.62. The fraction of sp³-hybridized carbons (Fsp3) is 0.500. The first-order valence-electron chi connectivity index (χ1n) is 10.3. The van der Waals surface area contributed by atoms with E-state index in [2.05, 4.69) is 4.74 Å². The van der Waals surface area contributed by atoms with Gasteiger partial charge in [0.15, 0.2) is 0 Å². The Morgan fingerprint density at radius 2 is 1.34 bits per heavy atom. The number of benzene rings is 1. The second-order valence-corrected chi connectivity index (χ2v) is 7.84. The van der Waals surface area contributed by atoms with Crippen molar-refractivity contribution >= 4 is 23.7 Å². The van der Waals surface area contributed by atoms with Crippen LogP contribution in [0.3, 0.4) is 0 Å². The van der Waals surface area contributed by atoms with E-state index in [0.29, 0.717) is 5.56 Å². The minimum absolute atomic E-state index is 0.253. The third-order valence-electron chi connectivity index (χ3n) is 4.72. The molecule has 0 radical (unpaired) electrons. The van der Waals surface area contributed by atoms with Crippen molar-refractivity contribution in [3.63, 3.8) is 0 Å². The summed E-state index contributed by atoms with van der Waals surface area (Å²) in [6.45, 7) is 1.05. The summed E-state index contributed by atoms with van der Waals surface area (Å²) in [5.41, 5.74) is 10.9. The predicted molar refractivity (Wildman–Crippen MR) is 108 cm³/mol. The SMILES string of the molecule is C[C@H](N)C(=O)N[C@@H](CC(=O)OC(F)(F)C(F)(F)C(F)(F)C(F)(F)F)C(=O)N[C@@H](Cc1ccccc1)C(N)=O. The number of rotatable bonds is 12. The summed E-state index contributed by atoms with van der Waals surface area (Å²) in [6, 6.07) is 2.48. The van der Waals surface area contributed by atoms with Crippen LogP contribution in [0.15, 0.2) is 30.3 Å². The van der Waals surface area contributed by atoms with E-state index in [9.17, 15) is 58.7 Å². The summed E-state index contributed by atoms with van der Waals surface area (Å²) in [5, 5.41) is 3.72. The smallest absolute Gasteiger partial charge is 0.396 e. The average Bonchev–Trinajstić information content (AvgIpc) is 2.77. The number of ether oxygens (including phenoxy) is 1. The highest BCUT2D eigenvalue weighted by molar-refractivity contribution is 5.94. The third-order valence-corrected chi connectivity index (χ3v) is 4.72. The Hall–Kier alpha value is -3.57. The van der Waals surface area contributed by atoms with Crippen molar-refractivity contribution in [1.29, 1.82) is 0 Å². The molecule has 0 bridgehead atoms. The molecule has 0 heterocycles. The average molecular weight is 568 g/mol. The first-order chi connectivity index (χ1) is 17.1. The summed E-state index contributed by atoms with van der Waals surface area (Å²) in [4.78, 5) is 48.1. The number of carbonyl (C=O) groups excluding carboxylic acids is 4. The summed E-state index contributed by atoms with van der Waals surface area (Å²) >= 11 is 0. The number of nitrogens with two attached hydrogens (primary N) is 2. The maximum Gasteiger partial charge on any atom is 0.473 e. The molecule has 6 N–H and O–H groups in total. The quantitative estimate of drug-likeness (QED) is 0.221. The van der Waals surface area contributed by atoms with E-state index in [-0.39, 0.29) is 6.42 Å². The van der Waals surface area contributed by atoms with Gasteiger partial charge in [0, 0.05) is 6.42 Å². The number of hydrogen-bond acceptors (Lipinski definition) is 6. The zero-order valence-electron chi connectivity index (χ0n) is 19.1. The van der Waals surface area contributed by atoms with Crippen molar-refractivity contribution in [1.82, 2.24) is 10.6 Å². The number of carbonyl (C=O) groups is 4. The second-order valence-electron chi connectivity index (χ2n) is 7.84. The number of nitrogens with one attached hydrogen (secondary N) is 2. The molecule has 214 valence electrons. The molecule has 38 heavy (non-hydrogen) atoms. The molecule has 0 aliphatic heterocycles. The molecule has 1 rings (SSSR count). The van der Waals surface area contributed by atoms with E-state index in [1.54, 1.807) is 23.5 Å². The van der Waals surface area contributed by atoms with Gasteiger partial charge in [0.1, 0.15) is 12.1 Å². The lowest BCUT2D eigenvalue weighted by molar-refractivity contribution is -0.435. The van der Waals surface area contributed by atoms with Crippen molar-refractivity contribution in [2.75, 3.05) is 0 Å². The van der Waals surface area contributed by atoms with Gasteiger partial charge in [-0.1, -0.05) is 30.3 Å². The van der Waals surface area contributed by atoms with E-state index in [0.717, 1.165) is 6.92 Å². The number of amides is 3. The van der Waals surface area contributed by atoms with Crippen molar-refractivity contribution in [3.05, 3.63) is 35.9 Å². The molecule has 1 aromatic rings. The Bertz CT molecular complexity index is 1020. The van der Waals surface area contributed by atoms with Gasteiger partial charge >= 0.3 is 30.1 Å². The molecule has 0 aliphatic carbocycles. The summed E-state index contributed by atoms with van der Waals surface area (Å²) in [6.07, 6.45) is -15.9. The van der Waals surface area contributed by atoms with Crippen LogP contribution in [0, 0.1) is 0 Å². The van der Waals surface area contributed by atoms with Crippen LogP contribution in [0.1, 0.15) is 18.9 Å². The fourth-order valence-corrected chi connectivity index (χ4v) is 2.63. The Balaban J connectivity index is 3.15. The molecule has 0 unspecified atom stereocenters. The molecule has 3 amide bonds. The highest BCUT2D eigenvalue weighted by Crippen LogP contribution is 2.53. The molecule has 0 saturated heterocycles. The number of halogens is 9. The summed E-state index contributed by atoms with van der Waals surface area (Å²) in [5.74, 6) is -21.1. The summed E-state index contributed by atoms with van der Waals surface area (Å²) < 4.78 is 120. The largest absolute Gasteiger partial charge is 0.473 e. The van der Waals surface area contributed by atoms with Gasteiger partial charge in [-0.15, -0.1) is 0 Å². The molecule has 0 fully saturated rings. The van der Waals surface area contributed by atoms with E-state index in [4.69, 9.17) is 11.5 Å². The summed E-state index contributed by atoms with van der Waals surface area (Å²) in [7, 11) is 0. The molecule has 0 spiro atoms. The zero-order valence-corrected chi connectivity index (χ0v) is 19.1. The minimum atomic E-state index is -7.34. The number of primary amides is 1. The maximum atomic E-state index is 13.6. The molecule has 18 heteroatoms. The molecule has 3 atom stereocenters. The lowest BCUT2D eigenvalue weighted by atomic mass is 10.0. The number of alkyl halides is 9. The third kappa shape index (κ3) is 7.72.